The van der Waals surface area contributed by atoms with Gasteiger partial charge in [0.15, 0.2) is 0 Å². The number of rotatable bonds is 6. The zero-order valence-corrected chi connectivity index (χ0v) is 10.3. The Morgan fingerprint density at radius 1 is 1.33 bits per heavy atom. The van der Waals surface area contributed by atoms with Crippen molar-refractivity contribution >= 4 is 18.1 Å². The van der Waals surface area contributed by atoms with Crippen LogP contribution >= 0.6 is 0 Å². The molecule has 1 aliphatic carbocycles. The number of nitrogens with zero attached hydrogens (tertiary/aromatic N) is 1. The van der Waals surface area contributed by atoms with Crippen molar-refractivity contribution < 1.29 is 14.7 Å². The molecule has 0 fully saturated rings. The summed E-state index contributed by atoms with van der Waals surface area (Å²) in [7, 11) is 0. The highest BCUT2D eigenvalue weighted by molar-refractivity contribution is 5.76. The van der Waals surface area contributed by atoms with Crippen LogP contribution in [0, 0.1) is 0 Å². The number of hydrogen-bond acceptors (Lipinski definition) is 2. The molecule has 4 nitrogen and oxygen atoms in total. The molecule has 96 valence electrons. The van der Waals surface area contributed by atoms with Gasteiger partial charge in [0, 0.05) is 18.7 Å². The zero-order chi connectivity index (χ0) is 13.0. The van der Waals surface area contributed by atoms with Crippen molar-refractivity contribution in [2.24, 2.45) is 0 Å². The molecule has 0 saturated carbocycles. The van der Waals surface area contributed by atoms with Crippen LogP contribution in [-0.2, 0) is 22.4 Å². The smallest absolute Gasteiger partial charge is 0.303 e. The molecule has 18 heavy (non-hydrogen) atoms. The van der Waals surface area contributed by atoms with Gasteiger partial charge < -0.3 is 10.0 Å². The largest absolute Gasteiger partial charge is 0.481 e. The van der Waals surface area contributed by atoms with Crippen molar-refractivity contribution in [1.82, 2.24) is 0 Å². The molecule has 4 heteroatoms. The first-order chi connectivity index (χ1) is 8.70. The minimum atomic E-state index is -0.824. The van der Waals surface area contributed by atoms with Crippen LogP contribution in [0.3, 0.4) is 0 Å². The second-order valence-electron chi connectivity index (χ2n) is 4.60. The first-order valence-electron chi connectivity index (χ1n) is 6.26. The highest BCUT2D eigenvalue weighted by Gasteiger charge is 2.13. The Labute approximate surface area is 106 Å². The maximum atomic E-state index is 11.1. The van der Waals surface area contributed by atoms with Gasteiger partial charge in [-0.15, -0.1) is 0 Å². The van der Waals surface area contributed by atoms with Gasteiger partial charge in [-0.05, 0) is 48.9 Å². The van der Waals surface area contributed by atoms with Crippen LogP contribution in [0.1, 0.15) is 30.4 Å². The summed E-state index contributed by atoms with van der Waals surface area (Å²) >= 11 is 0. The van der Waals surface area contributed by atoms with Crippen LogP contribution < -0.4 is 4.90 Å². The van der Waals surface area contributed by atoms with Gasteiger partial charge in [0.1, 0.15) is 0 Å². The first-order valence-corrected chi connectivity index (χ1v) is 6.26. The first kappa shape index (κ1) is 12.6. The number of aliphatic carboxylic acids is 1. The van der Waals surface area contributed by atoms with Crippen molar-refractivity contribution in [3.63, 3.8) is 0 Å². The van der Waals surface area contributed by atoms with Gasteiger partial charge in [0.25, 0.3) is 0 Å². The van der Waals surface area contributed by atoms with Gasteiger partial charge in [-0.3, -0.25) is 9.59 Å². The van der Waals surface area contributed by atoms with Gasteiger partial charge >= 0.3 is 5.97 Å². The molecule has 0 atom stereocenters. The summed E-state index contributed by atoms with van der Waals surface area (Å²) in [6.07, 6.45) is 4.72. The molecule has 0 saturated heterocycles. The Morgan fingerprint density at radius 2 is 2.11 bits per heavy atom. The molecule has 1 N–H and O–H groups in total. The van der Waals surface area contributed by atoms with Gasteiger partial charge in [0.2, 0.25) is 6.41 Å². The molecule has 1 aromatic carbocycles. The second kappa shape index (κ2) is 5.67. The van der Waals surface area contributed by atoms with E-state index >= 15 is 0 Å². The number of hydrogen-bond donors (Lipinski definition) is 1. The van der Waals surface area contributed by atoms with E-state index in [0.29, 0.717) is 13.0 Å². The number of carboxylic acids is 1. The van der Waals surface area contributed by atoms with E-state index in [1.165, 1.54) is 17.5 Å². The van der Waals surface area contributed by atoms with E-state index in [9.17, 15) is 9.59 Å². The Hall–Kier alpha value is -1.84. The number of fused-ring (bicyclic) bond motifs is 1. The SMILES string of the molecule is O=CN(CCCC(=O)O)c1ccc2c(c1)CCC2. The lowest BCUT2D eigenvalue weighted by atomic mass is 10.1. The Morgan fingerprint density at radius 3 is 2.83 bits per heavy atom. The molecule has 0 aromatic heterocycles. The predicted octanol–water partition coefficient (Wildman–Crippen LogP) is 2.00. The lowest BCUT2D eigenvalue weighted by molar-refractivity contribution is -0.137. The molecule has 2 rings (SSSR count). The van der Waals surface area contributed by atoms with E-state index < -0.39 is 5.97 Å². The van der Waals surface area contributed by atoms with E-state index in [0.717, 1.165) is 24.9 Å². The predicted molar refractivity (Wildman–Crippen MR) is 68.7 cm³/mol. The second-order valence-corrected chi connectivity index (χ2v) is 4.60. The maximum Gasteiger partial charge on any atom is 0.303 e. The van der Waals surface area contributed by atoms with Crippen molar-refractivity contribution in [2.75, 3.05) is 11.4 Å². The highest BCUT2D eigenvalue weighted by Crippen LogP contribution is 2.26. The molecule has 0 radical (unpaired) electrons. The van der Waals surface area contributed by atoms with Gasteiger partial charge in [0.05, 0.1) is 0 Å². The number of carbonyl (C=O) groups is 2. The summed E-state index contributed by atoms with van der Waals surface area (Å²) in [5, 5.41) is 8.59. The zero-order valence-electron chi connectivity index (χ0n) is 10.3. The summed E-state index contributed by atoms with van der Waals surface area (Å²) < 4.78 is 0. The molecule has 0 heterocycles. The van der Waals surface area contributed by atoms with Crippen molar-refractivity contribution in [2.45, 2.75) is 32.1 Å². The number of carbonyl (C=O) groups excluding carboxylic acids is 1. The minimum absolute atomic E-state index is 0.0925. The molecule has 1 aliphatic rings. The van der Waals surface area contributed by atoms with E-state index in [-0.39, 0.29) is 6.42 Å². The third kappa shape index (κ3) is 2.88. The maximum absolute atomic E-state index is 11.1. The Balaban J connectivity index is 2.03. The average Bonchev–Trinajstić information content (AvgIpc) is 2.81. The fraction of sp³-hybridized carbons (Fsp3) is 0.429. The fourth-order valence-electron chi connectivity index (χ4n) is 2.38. The molecule has 1 aromatic rings. The number of benzene rings is 1. The normalized spacial score (nSPS) is 13.1. The Bertz CT molecular complexity index is 456. The summed E-state index contributed by atoms with van der Waals surface area (Å²) in [5.74, 6) is -0.824. The van der Waals surface area contributed by atoms with E-state index in [1.54, 1.807) is 4.90 Å². The summed E-state index contributed by atoms with van der Waals surface area (Å²) in [6.45, 7) is 0.453. The number of anilines is 1. The van der Waals surface area contributed by atoms with Crippen LogP contribution in [0.25, 0.3) is 0 Å². The van der Waals surface area contributed by atoms with Gasteiger partial charge in [-0.2, -0.15) is 0 Å². The standard InChI is InChI=1S/C14H17NO3/c16-10-15(8-2-5-14(17)18)13-7-6-11-3-1-4-12(11)9-13/h6-7,9-10H,1-5,8H2,(H,17,18). The number of aryl methyl sites for hydroxylation is 2. The van der Waals surface area contributed by atoms with E-state index in [4.69, 9.17) is 5.11 Å². The molecule has 0 spiro atoms. The summed E-state index contributed by atoms with van der Waals surface area (Å²) in [4.78, 5) is 23.1. The third-order valence-electron chi connectivity index (χ3n) is 3.33. The van der Waals surface area contributed by atoms with Crippen molar-refractivity contribution in [3.05, 3.63) is 29.3 Å². The van der Waals surface area contributed by atoms with Crippen molar-refractivity contribution in [3.8, 4) is 0 Å². The highest BCUT2D eigenvalue weighted by atomic mass is 16.4. The average molecular weight is 247 g/mol. The van der Waals surface area contributed by atoms with Crippen LogP contribution in [0.4, 0.5) is 5.69 Å². The molecular formula is C14H17NO3. The molecular weight excluding hydrogens is 230 g/mol. The quantitative estimate of drug-likeness (QED) is 0.782. The lowest BCUT2D eigenvalue weighted by Crippen LogP contribution is -2.23. The minimum Gasteiger partial charge on any atom is -0.481 e. The molecule has 1 amide bonds. The van der Waals surface area contributed by atoms with Crippen LogP contribution in [0.5, 0.6) is 0 Å². The third-order valence-corrected chi connectivity index (χ3v) is 3.33. The molecule has 0 unspecified atom stereocenters. The van der Waals surface area contributed by atoms with E-state index in [2.05, 4.69) is 12.1 Å². The molecule has 0 aliphatic heterocycles. The summed E-state index contributed by atoms with van der Waals surface area (Å²) in [5.41, 5.74) is 3.56. The van der Waals surface area contributed by atoms with Crippen LogP contribution in [-0.4, -0.2) is 24.0 Å². The Kier molecular flexibility index (Phi) is 3.97. The van der Waals surface area contributed by atoms with E-state index in [1.807, 2.05) is 6.07 Å². The number of carboxylic acid groups (broad SMARTS) is 1. The topological polar surface area (TPSA) is 57.6 Å². The monoisotopic (exact) mass is 247 g/mol. The molecule has 0 bridgehead atoms. The summed E-state index contributed by atoms with van der Waals surface area (Å²) in [6, 6.07) is 6.07. The van der Waals surface area contributed by atoms with Crippen LogP contribution in [0.15, 0.2) is 18.2 Å². The number of amides is 1. The fourth-order valence-corrected chi connectivity index (χ4v) is 2.38. The lowest BCUT2D eigenvalue weighted by Gasteiger charge is -2.18. The van der Waals surface area contributed by atoms with Gasteiger partial charge in [-0.25, -0.2) is 0 Å². The van der Waals surface area contributed by atoms with Crippen LogP contribution in [0.2, 0.25) is 0 Å². The van der Waals surface area contributed by atoms with Gasteiger partial charge in [-0.1, -0.05) is 6.07 Å². The van der Waals surface area contributed by atoms with Crippen molar-refractivity contribution in [1.29, 1.82) is 0 Å².